The Labute approximate surface area is 155 Å². The molecule has 5 heteroatoms. The highest BCUT2D eigenvalue weighted by molar-refractivity contribution is 7.98. The molecule has 1 aromatic carbocycles. The fourth-order valence-corrected chi connectivity index (χ4v) is 3.58. The predicted molar refractivity (Wildman–Crippen MR) is 108 cm³/mol. The molecule has 4 nitrogen and oxygen atoms in total. The van der Waals surface area contributed by atoms with Crippen molar-refractivity contribution < 1.29 is 0 Å². The molecular weight excluding hydrogens is 342 g/mol. The van der Waals surface area contributed by atoms with Crippen LogP contribution in [0.1, 0.15) is 12.5 Å². The molecule has 3 rings (SSSR count). The van der Waals surface area contributed by atoms with Crippen molar-refractivity contribution in [1.29, 1.82) is 5.26 Å². The summed E-state index contributed by atoms with van der Waals surface area (Å²) in [4.78, 5) is 20.5. The monoisotopic (exact) mass is 359 g/mol. The Kier molecular flexibility index (Phi) is 5.06. The molecule has 0 aliphatic heterocycles. The number of aromatic amines is 1. The van der Waals surface area contributed by atoms with Crippen LogP contribution in [-0.2, 0) is 0 Å². The van der Waals surface area contributed by atoms with E-state index in [1.165, 1.54) is 11.8 Å². The lowest BCUT2D eigenvalue weighted by atomic mass is 10.0. The van der Waals surface area contributed by atoms with E-state index in [-0.39, 0.29) is 5.56 Å². The fraction of sp³-hybridized carbons (Fsp3) is 0.0952. The molecule has 0 saturated heterocycles. The highest BCUT2D eigenvalue weighted by Crippen LogP contribution is 2.30. The predicted octanol–water partition coefficient (Wildman–Crippen LogP) is 2.95. The lowest BCUT2D eigenvalue weighted by molar-refractivity contribution is 1.12. The van der Waals surface area contributed by atoms with Crippen LogP contribution >= 0.6 is 11.8 Å². The molecule has 0 amide bonds. The lowest BCUT2D eigenvalue weighted by Crippen LogP contribution is -2.36. The largest absolute Gasteiger partial charge is 0.321 e. The number of H-pyrrole nitrogens is 1. The third kappa shape index (κ3) is 2.85. The van der Waals surface area contributed by atoms with Gasteiger partial charge in [-0.1, -0.05) is 49.1 Å². The molecule has 0 atom stereocenters. The van der Waals surface area contributed by atoms with Gasteiger partial charge >= 0.3 is 0 Å². The van der Waals surface area contributed by atoms with Crippen LogP contribution in [0.25, 0.3) is 34.2 Å². The SMILES string of the molecule is C=C/C=c1/[nH]c(=O)c2c(-c3ccccc3)nc(SC)c(C#N)c2/c1=C/C. The number of nitriles is 1. The Morgan fingerprint density at radius 3 is 2.58 bits per heavy atom. The van der Waals surface area contributed by atoms with Gasteiger partial charge in [0.2, 0.25) is 0 Å². The molecule has 0 aliphatic carbocycles. The third-order valence-corrected chi connectivity index (χ3v) is 4.81. The van der Waals surface area contributed by atoms with Gasteiger partial charge in [-0.3, -0.25) is 4.79 Å². The van der Waals surface area contributed by atoms with Crippen LogP contribution in [0.5, 0.6) is 0 Å². The molecule has 3 aromatic rings. The molecule has 2 heterocycles. The number of nitrogens with zero attached hydrogens (tertiary/aromatic N) is 2. The van der Waals surface area contributed by atoms with Crippen molar-refractivity contribution >= 4 is 34.7 Å². The normalized spacial score (nSPS) is 12.3. The lowest BCUT2D eigenvalue weighted by Gasteiger charge is -2.11. The van der Waals surface area contributed by atoms with Crippen molar-refractivity contribution in [2.45, 2.75) is 11.9 Å². The summed E-state index contributed by atoms with van der Waals surface area (Å²) in [5, 5.41) is 12.9. The first-order chi connectivity index (χ1) is 12.7. The van der Waals surface area contributed by atoms with Crippen molar-refractivity contribution in [1.82, 2.24) is 9.97 Å². The number of pyridine rings is 2. The molecule has 0 fully saturated rings. The van der Waals surface area contributed by atoms with Gasteiger partial charge in [-0.25, -0.2) is 4.98 Å². The summed E-state index contributed by atoms with van der Waals surface area (Å²) < 4.78 is 0. The summed E-state index contributed by atoms with van der Waals surface area (Å²) in [5.41, 5.74) is 1.57. The number of rotatable bonds is 3. The number of fused-ring (bicyclic) bond motifs is 1. The van der Waals surface area contributed by atoms with E-state index < -0.39 is 0 Å². The number of aromatic nitrogens is 2. The number of benzene rings is 1. The Morgan fingerprint density at radius 1 is 1.27 bits per heavy atom. The summed E-state index contributed by atoms with van der Waals surface area (Å²) in [7, 11) is 0. The minimum atomic E-state index is -0.269. The van der Waals surface area contributed by atoms with Gasteiger partial charge in [0.1, 0.15) is 11.1 Å². The van der Waals surface area contributed by atoms with Gasteiger partial charge in [-0.05, 0) is 19.3 Å². The highest BCUT2D eigenvalue weighted by atomic mass is 32.2. The van der Waals surface area contributed by atoms with Gasteiger partial charge in [-0.15, -0.1) is 11.8 Å². The summed E-state index contributed by atoms with van der Waals surface area (Å²) in [6.45, 7) is 5.59. The smallest absolute Gasteiger partial charge is 0.258 e. The molecule has 0 bridgehead atoms. The van der Waals surface area contributed by atoms with Crippen LogP contribution < -0.4 is 16.1 Å². The van der Waals surface area contributed by atoms with Gasteiger partial charge in [0.05, 0.1) is 16.6 Å². The van der Waals surface area contributed by atoms with E-state index in [1.807, 2.05) is 49.6 Å². The molecule has 2 aromatic heterocycles. The standard InChI is InChI=1S/C21H17N3OS/c1-4-9-16-14(5-2)17-15(12-22)21(26-3)24-19(18(17)20(25)23-16)13-10-7-6-8-11-13/h4-11H,1H2,2-3H3,(H,23,25)/b14-5+,16-9+. The maximum atomic E-state index is 12.9. The van der Waals surface area contributed by atoms with Crippen LogP contribution in [0.15, 0.2) is 52.8 Å². The average Bonchev–Trinajstić information content (AvgIpc) is 2.67. The average molecular weight is 359 g/mol. The van der Waals surface area contributed by atoms with Crippen molar-refractivity contribution in [3.05, 3.63) is 69.5 Å². The molecular formula is C21H17N3OS. The molecule has 1 N–H and O–H groups in total. The summed E-state index contributed by atoms with van der Waals surface area (Å²) >= 11 is 1.40. The van der Waals surface area contributed by atoms with Crippen LogP contribution in [0.2, 0.25) is 0 Å². The Bertz CT molecular complexity index is 1220. The van der Waals surface area contributed by atoms with Gasteiger partial charge in [0, 0.05) is 21.5 Å². The number of hydrogen-bond acceptors (Lipinski definition) is 4. The Balaban J connectivity index is 2.71. The molecule has 0 radical (unpaired) electrons. The molecule has 128 valence electrons. The Morgan fingerprint density at radius 2 is 2.00 bits per heavy atom. The van der Waals surface area contributed by atoms with Crippen LogP contribution in [0.4, 0.5) is 0 Å². The third-order valence-electron chi connectivity index (χ3n) is 4.12. The maximum Gasteiger partial charge on any atom is 0.258 e. The van der Waals surface area contributed by atoms with E-state index in [0.717, 1.165) is 10.8 Å². The molecule has 0 saturated carbocycles. The molecule has 26 heavy (non-hydrogen) atoms. The van der Waals surface area contributed by atoms with Crippen molar-refractivity contribution in [2.75, 3.05) is 6.26 Å². The van der Waals surface area contributed by atoms with Gasteiger partial charge in [0.25, 0.3) is 5.56 Å². The summed E-state index contributed by atoms with van der Waals surface area (Å²) in [6.07, 6.45) is 7.13. The van der Waals surface area contributed by atoms with Crippen molar-refractivity contribution in [2.24, 2.45) is 0 Å². The van der Waals surface area contributed by atoms with E-state index in [4.69, 9.17) is 0 Å². The zero-order valence-corrected chi connectivity index (χ0v) is 15.4. The van der Waals surface area contributed by atoms with Gasteiger partial charge in [0.15, 0.2) is 0 Å². The fourth-order valence-electron chi connectivity index (χ4n) is 3.05. The zero-order valence-electron chi connectivity index (χ0n) is 14.5. The maximum absolute atomic E-state index is 12.9. The second-order valence-electron chi connectivity index (χ2n) is 5.55. The molecule has 0 spiro atoms. The Hall–Kier alpha value is -3.10. The number of allylic oxidation sites excluding steroid dienone is 1. The first-order valence-electron chi connectivity index (χ1n) is 8.04. The molecule has 0 aliphatic rings. The number of thioether (sulfide) groups is 1. The quantitative estimate of drug-likeness (QED) is 0.730. The number of hydrogen-bond donors (Lipinski definition) is 1. The number of nitrogens with one attached hydrogen (secondary N) is 1. The summed E-state index contributed by atoms with van der Waals surface area (Å²) in [5.74, 6) is 0. The topological polar surface area (TPSA) is 69.5 Å². The van der Waals surface area contributed by atoms with E-state index in [0.29, 0.717) is 32.4 Å². The molecule has 0 unspecified atom stereocenters. The second kappa shape index (κ2) is 7.42. The van der Waals surface area contributed by atoms with Crippen LogP contribution in [-0.4, -0.2) is 16.2 Å². The summed E-state index contributed by atoms with van der Waals surface area (Å²) in [6, 6.07) is 11.8. The van der Waals surface area contributed by atoms with Crippen molar-refractivity contribution in [3.63, 3.8) is 0 Å². The second-order valence-corrected chi connectivity index (χ2v) is 6.34. The van der Waals surface area contributed by atoms with Crippen LogP contribution in [0, 0.1) is 11.3 Å². The van der Waals surface area contributed by atoms with Gasteiger partial charge in [-0.2, -0.15) is 5.26 Å². The van der Waals surface area contributed by atoms with Crippen LogP contribution in [0.3, 0.4) is 0 Å². The zero-order chi connectivity index (χ0) is 18.7. The van der Waals surface area contributed by atoms with E-state index in [1.54, 1.807) is 12.2 Å². The van der Waals surface area contributed by atoms with Crippen molar-refractivity contribution in [3.8, 4) is 17.3 Å². The van der Waals surface area contributed by atoms with Gasteiger partial charge < -0.3 is 4.98 Å². The van der Waals surface area contributed by atoms with E-state index in [2.05, 4.69) is 22.6 Å². The first-order valence-corrected chi connectivity index (χ1v) is 9.27. The minimum absolute atomic E-state index is 0.269. The highest BCUT2D eigenvalue weighted by Gasteiger charge is 2.18. The minimum Gasteiger partial charge on any atom is -0.321 e. The first kappa shape index (κ1) is 17.7. The van der Waals surface area contributed by atoms with E-state index in [9.17, 15) is 10.1 Å². The van der Waals surface area contributed by atoms with E-state index >= 15 is 0 Å².